The number of benzene rings is 2. The van der Waals surface area contributed by atoms with Gasteiger partial charge in [-0.1, -0.05) is 42.5 Å². The Bertz CT molecular complexity index is 976. The highest BCUT2D eigenvalue weighted by Gasteiger charge is 2.29. The fourth-order valence-corrected chi connectivity index (χ4v) is 4.41. The molecule has 1 heterocycles. The molecule has 8 heteroatoms. The molecule has 0 aromatic heterocycles. The van der Waals surface area contributed by atoms with Gasteiger partial charge in [-0.25, -0.2) is 8.42 Å². The Hall–Kier alpha value is -2.87. The summed E-state index contributed by atoms with van der Waals surface area (Å²) >= 11 is 0. The maximum Gasteiger partial charge on any atom is 0.261 e. The van der Waals surface area contributed by atoms with E-state index in [9.17, 15) is 18.0 Å². The number of carbonyl (C=O) groups is 2. The second-order valence-electron chi connectivity index (χ2n) is 7.36. The van der Waals surface area contributed by atoms with Crippen LogP contribution in [0.4, 0.5) is 0 Å². The fourth-order valence-electron chi connectivity index (χ4n) is 3.21. The molecule has 0 saturated carbocycles. The van der Waals surface area contributed by atoms with Gasteiger partial charge >= 0.3 is 0 Å². The normalized spacial score (nSPS) is 17.6. The molecule has 1 fully saturated rings. The summed E-state index contributed by atoms with van der Waals surface area (Å²) in [7, 11) is -3.07. The van der Waals surface area contributed by atoms with Crippen molar-refractivity contribution in [2.24, 2.45) is 0 Å². The predicted octanol–water partition coefficient (Wildman–Crippen LogP) is 1.88. The van der Waals surface area contributed by atoms with E-state index < -0.39 is 27.9 Å². The summed E-state index contributed by atoms with van der Waals surface area (Å²) in [6, 6.07) is 16.6. The minimum atomic E-state index is -3.07. The van der Waals surface area contributed by atoms with E-state index in [1.165, 1.54) is 4.90 Å². The van der Waals surface area contributed by atoms with Crippen LogP contribution >= 0.6 is 0 Å². The van der Waals surface area contributed by atoms with Crippen LogP contribution in [-0.2, 0) is 19.4 Å². The highest BCUT2D eigenvalue weighted by Crippen LogP contribution is 2.22. The lowest BCUT2D eigenvalue weighted by Crippen LogP contribution is -2.53. The molecule has 2 unspecified atom stereocenters. The largest absolute Gasteiger partial charge is 0.481 e. The maximum absolute atomic E-state index is 12.5. The molecule has 3 rings (SSSR count). The van der Waals surface area contributed by atoms with Gasteiger partial charge in [0.1, 0.15) is 11.8 Å². The molecule has 1 N–H and O–H groups in total. The molecule has 160 valence electrons. The number of hydrogen-bond donors (Lipinski definition) is 1. The third-order valence-corrected chi connectivity index (χ3v) is 6.64. The number of carbonyl (C=O) groups excluding carboxylic acids is 2. The third kappa shape index (κ3) is 5.60. The first-order valence-electron chi connectivity index (χ1n) is 9.87. The van der Waals surface area contributed by atoms with Gasteiger partial charge in [-0.3, -0.25) is 9.59 Å². The average Bonchev–Trinajstić information content (AvgIpc) is 2.74. The zero-order valence-corrected chi connectivity index (χ0v) is 17.9. The van der Waals surface area contributed by atoms with Crippen molar-refractivity contribution in [1.29, 1.82) is 0 Å². The number of ether oxygens (including phenoxy) is 1. The molecule has 7 nitrogen and oxygen atoms in total. The van der Waals surface area contributed by atoms with E-state index in [2.05, 4.69) is 5.32 Å². The van der Waals surface area contributed by atoms with Crippen molar-refractivity contribution >= 4 is 21.7 Å². The lowest BCUT2D eigenvalue weighted by Gasteiger charge is -2.29. The van der Waals surface area contributed by atoms with Crippen molar-refractivity contribution in [1.82, 2.24) is 10.2 Å². The molecular weight excluding hydrogens is 404 g/mol. The van der Waals surface area contributed by atoms with Crippen LogP contribution in [0.5, 0.6) is 5.75 Å². The molecule has 2 aromatic rings. The maximum atomic E-state index is 12.5. The van der Waals surface area contributed by atoms with E-state index in [1.807, 2.05) is 42.5 Å². The Labute approximate surface area is 177 Å². The van der Waals surface area contributed by atoms with Crippen LogP contribution in [0.1, 0.15) is 13.8 Å². The van der Waals surface area contributed by atoms with Crippen molar-refractivity contribution in [2.45, 2.75) is 26.0 Å². The topological polar surface area (TPSA) is 92.8 Å². The number of amides is 2. The number of nitrogens with one attached hydrogen (secondary N) is 1. The van der Waals surface area contributed by atoms with Gasteiger partial charge in [-0.15, -0.1) is 0 Å². The van der Waals surface area contributed by atoms with Crippen LogP contribution in [0, 0.1) is 0 Å². The molecule has 2 atom stereocenters. The van der Waals surface area contributed by atoms with Gasteiger partial charge in [0.25, 0.3) is 5.91 Å². The molecule has 0 radical (unpaired) electrons. The molecule has 0 aliphatic carbocycles. The molecule has 30 heavy (non-hydrogen) atoms. The second-order valence-corrected chi connectivity index (χ2v) is 9.66. The summed E-state index contributed by atoms with van der Waals surface area (Å²) in [6.45, 7) is 3.51. The lowest BCUT2D eigenvalue weighted by atomic mass is 10.1. The summed E-state index contributed by atoms with van der Waals surface area (Å²) in [5.41, 5.74) is 2.13. The second kappa shape index (κ2) is 9.30. The third-order valence-electron chi connectivity index (χ3n) is 5.03. The predicted molar refractivity (Wildman–Crippen MR) is 115 cm³/mol. The van der Waals surface area contributed by atoms with Crippen LogP contribution in [-0.4, -0.2) is 61.9 Å². The van der Waals surface area contributed by atoms with E-state index in [1.54, 1.807) is 26.0 Å². The summed E-state index contributed by atoms with van der Waals surface area (Å²) in [4.78, 5) is 26.4. The van der Waals surface area contributed by atoms with Gasteiger partial charge in [0.15, 0.2) is 15.9 Å². The molecule has 0 bridgehead atoms. The highest BCUT2D eigenvalue weighted by atomic mass is 32.2. The molecule has 1 aliphatic rings. The molecule has 2 aromatic carbocycles. The van der Waals surface area contributed by atoms with Crippen molar-refractivity contribution < 1.29 is 22.7 Å². The van der Waals surface area contributed by atoms with Gasteiger partial charge in [0, 0.05) is 13.1 Å². The molecule has 1 aliphatic heterocycles. The molecule has 2 amide bonds. The number of hydrogen-bond acceptors (Lipinski definition) is 5. The molecule has 0 spiro atoms. The van der Waals surface area contributed by atoms with E-state index in [0.29, 0.717) is 5.75 Å². The number of nitrogens with zero attached hydrogens (tertiary/aromatic N) is 1. The van der Waals surface area contributed by atoms with Gasteiger partial charge in [-0.05, 0) is 37.1 Å². The van der Waals surface area contributed by atoms with Crippen LogP contribution in [0.2, 0.25) is 0 Å². The van der Waals surface area contributed by atoms with Crippen molar-refractivity contribution in [3.05, 3.63) is 54.6 Å². The van der Waals surface area contributed by atoms with Gasteiger partial charge < -0.3 is 15.0 Å². The average molecular weight is 431 g/mol. The van der Waals surface area contributed by atoms with E-state index in [4.69, 9.17) is 4.74 Å². The fraction of sp³-hybridized carbons (Fsp3) is 0.364. The minimum Gasteiger partial charge on any atom is -0.481 e. The number of sulfone groups is 1. The Morgan fingerprint density at radius 3 is 2.10 bits per heavy atom. The summed E-state index contributed by atoms with van der Waals surface area (Å²) in [5.74, 6) is -0.238. The summed E-state index contributed by atoms with van der Waals surface area (Å²) < 4.78 is 28.7. The number of rotatable bonds is 6. The van der Waals surface area contributed by atoms with E-state index >= 15 is 0 Å². The quantitative estimate of drug-likeness (QED) is 0.755. The van der Waals surface area contributed by atoms with Crippen molar-refractivity contribution in [3.63, 3.8) is 0 Å². The lowest BCUT2D eigenvalue weighted by molar-refractivity contribution is -0.137. The monoisotopic (exact) mass is 430 g/mol. The van der Waals surface area contributed by atoms with Crippen LogP contribution in [0.3, 0.4) is 0 Å². The van der Waals surface area contributed by atoms with E-state index in [0.717, 1.165) is 11.1 Å². The van der Waals surface area contributed by atoms with Crippen LogP contribution in [0.15, 0.2) is 54.6 Å². The smallest absolute Gasteiger partial charge is 0.261 e. The standard InChI is InChI=1S/C22H26N2O5S/c1-16(22(26)24-12-14-30(27,28)15-13-24)23-21(25)17(2)29-20-10-8-19(9-11-20)18-6-4-3-5-7-18/h3-11,16-17H,12-15H2,1-2H3,(H,23,25). The van der Waals surface area contributed by atoms with Crippen molar-refractivity contribution in [2.75, 3.05) is 24.6 Å². The molecule has 1 saturated heterocycles. The van der Waals surface area contributed by atoms with Gasteiger partial charge in [-0.2, -0.15) is 0 Å². The van der Waals surface area contributed by atoms with Crippen LogP contribution < -0.4 is 10.1 Å². The van der Waals surface area contributed by atoms with Crippen molar-refractivity contribution in [3.8, 4) is 16.9 Å². The minimum absolute atomic E-state index is 0.0438. The first-order chi connectivity index (χ1) is 14.2. The highest BCUT2D eigenvalue weighted by molar-refractivity contribution is 7.91. The molecular formula is C22H26N2O5S. The zero-order chi connectivity index (χ0) is 21.7. The Balaban J connectivity index is 1.52. The summed E-state index contributed by atoms with van der Waals surface area (Å²) in [6.07, 6.45) is -0.787. The Morgan fingerprint density at radius 2 is 1.50 bits per heavy atom. The Kier molecular flexibility index (Phi) is 6.77. The first-order valence-corrected chi connectivity index (χ1v) is 11.7. The summed E-state index contributed by atoms with van der Waals surface area (Å²) in [5, 5.41) is 2.65. The van der Waals surface area contributed by atoms with E-state index in [-0.39, 0.29) is 30.5 Å². The van der Waals surface area contributed by atoms with Gasteiger partial charge in [0.2, 0.25) is 5.91 Å². The Morgan fingerprint density at radius 1 is 0.933 bits per heavy atom. The van der Waals surface area contributed by atoms with Gasteiger partial charge in [0.05, 0.1) is 11.5 Å². The SMILES string of the molecule is CC(NC(=O)C(C)Oc1ccc(-c2ccccc2)cc1)C(=O)N1CCS(=O)(=O)CC1. The first kappa shape index (κ1) is 21.8. The zero-order valence-electron chi connectivity index (χ0n) is 17.1. The van der Waals surface area contributed by atoms with Crippen LogP contribution in [0.25, 0.3) is 11.1 Å².